The van der Waals surface area contributed by atoms with Gasteiger partial charge in [-0.25, -0.2) is 0 Å². The average molecular weight is 417 g/mol. The minimum atomic E-state index is 0.368. The highest BCUT2D eigenvalue weighted by atomic mass is 35.5. The first kappa shape index (κ1) is 20.1. The van der Waals surface area contributed by atoms with Gasteiger partial charge < -0.3 is 4.57 Å². The van der Waals surface area contributed by atoms with Crippen molar-refractivity contribution in [2.24, 2.45) is 0 Å². The molecule has 0 spiro atoms. The fourth-order valence-electron chi connectivity index (χ4n) is 3.24. The number of hydrogen-bond donors (Lipinski definition) is 0. The van der Waals surface area contributed by atoms with Crippen LogP contribution in [0.25, 0.3) is 6.08 Å². The summed E-state index contributed by atoms with van der Waals surface area (Å²) in [4.78, 5) is 5.15. The zero-order valence-electron chi connectivity index (χ0n) is 15.7. The van der Waals surface area contributed by atoms with E-state index in [0.717, 1.165) is 11.4 Å². The molecule has 0 saturated heterocycles. The molecule has 0 atom stereocenters. The van der Waals surface area contributed by atoms with Crippen molar-refractivity contribution in [3.63, 3.8) is 0 Å². The Morgan fingerprint density at radius 2 is 1.78 bits per heavy atom. The Hall–Kier alpha value is -1.68. The van der Waals surface area contributed by atoms with E-state index in [1.807, 2.05) is 42.7 Å². The van der Waals surface area contributed by atoms with Crippen LogP contribution < -0.4 is 0 Å². The fraction of sp³-hybridized carbons (Fsp3) is 0.227. The van der Waals surface area contributed by atoms with Crippen LogP contribution in [0.5, 0.6) is 0 Å². The fourth-order valence-corrected chi connectivity index (χ4v) is 5.26. The molecule has 0 aliphatic rings. The van der Waals surface area contributed by atoms with Crippen molar-refractivity contribution in [2.45, 2.75) is 43.2 Å². The van der Waals surface area contributed by atoms with Crippen molar-refractivity contribution in [2.75, 3.05) is 0 Å². The lowest BCUT2D eigenvalue weighted by atomic mass is 10.0. The van der Waals surface area contributed by atoms with Crippen LogP contribution in [0.4, 0.5) is 0 Å². The third kappa shape index (κ3) is 4.43. The highest BCUT2D eigenvalue weighted by Gasteiger charge is 2.22. The van der Waals surface area contributed by atoms with Gasteiger partial charge in [0.1, 0.15) is 0 Å². The number of nitrogens with zero attached hydrogens (tertiary/aromatic N) is 2. The molecule has 2 heterocycles. The van der Waals surface area contributed by atoms with Gasteiger partial charge in [0, 0.05) is 39.6 Å². The van der Waals surface area contributed by atoms with E-state index in [9.17, 15) is 0 Å². The van der Waals surface area contributed by atoms with Gasteiger partial charge in [-0.15, -0.1) is 0 Å². The molecule has 0 fully saturated rings. The Bertz CT molecular complexity index is 942. The Kier molecular flexibility index (Phi) is 6.36. The summed E-state index contributed by atoms with van der Waals surface area (Å²) in [6.45, 7) is 11.4. The number of hydrogen-bond acceptors (Lipinski definition) is 2. The van der Waals surface area contributed by atoms with Crippen LogP contribution in [0.3, 0.4) is 0 Å². The van der Waals surface area contributed by atoms with Crippen LogP contribution in [-0.2, 0) is 6.54 Å². The molecule has 0 aliphatic carbocycles. The molecule has 0 radical (unpaired) electrons. The first-order valence-corrected chi connectivity index (χ1v) is 10.4. The van der Waals surface area contributed by atoms with Crippen molar-refractivity contribution in [3.8, 4) is 0 Å². The Labute approximate surface area is 175 Å². The predicted octanol–water partition coefficient (Wildman–Crippen LogP) is 7.46. The van der Waals surface area contributed by atoms with Gasteiger partial charge in [-0.1, -0.05) is 61.5 Å². The molecule has 2 nitrogen and oxygen atoms in total. The zero-order chi connectivity index (χ0) is 19.6. The Morgan fingerprint density at radius 1 is 1.15 bits per heavy atom. The minimum Gasteiger partial charge on any atom is -0.335 e. The third-order valence-electron chi connectivity index (χ3n) is 4.48. The van der Waals surface area contributed by atoms with Crippen LogP contribution in [0.15, 0.2) is 59.2 Å². The Balaban J connectivity index is 2.15. The lowest BCUT2D eigenvalue weighted by molar-refractivity contribution is 0.689. The summed E-state index contributed by atoms with van der Waals surface area (Å²) >= 11 is 14.1. The summed E-state index contributed by atoms with van der Waals surface area (Å²) in [5.74, 6) is 0.368. The lowest BCUT2D eigenvalue weighted by Crippen LogP contribution is -2.04. The van der Waals surface area contributed by atoms with E-state index < -0.39 is 0 Å². The van der Waals surface area contributed by atoms with E-state index in [1.165, 1.54) is 27.4 Å². The summed E-state index contributed by atoms with van der Waals surface area (Å²) in [5.41, 5.74) is 4.92. The topological polar surface area (TPSA) is 17.8 Å². The second kappa shape index (κ2) is 8.55. The van der Waals surface area contributed by atoms with Crippen LogP contribution >= 0.6 is 35.0 Å². The predicted molar refractivity (Wildman–Crippen MR) is 117 cm³/mol. The van der Waals surface area contributed by atoms with Crippen molar-refractivity contribution in [1.29, 1.82) is 0 Å². The van der Waals surface area contributed by atoms with Gasteiger partial charge in [-0.2, -0.15) is 0 Å². The van der Waals surface area contributed by atoms with E-state index in [-0.39, 0.29) is 0 Å². The highest BCUT2D eigenvalue weighted by molar-refractivity contribution is 7.99. The van der Waals surface area contributed by atoms with Crippen LogP contribution in [-0.4, -0.2) is 9.55 Å². The largest absolute Gasteiger partial charge is 0.335 e. The van der Waals surface area contributed by atoms with Gasteiger partial charge in [0.05, 0.1) is 5.03 Å². The Morgan fingerprint density at radius 3 is 2.33 bits per heavy atom. The summed E-state index contributed by atoms with van der Waals surface area (Å²) in [7, 11) is 0. The van der Waals surface area contributed by atoms with Crippen LogP contribution in [0.2, 0.25) is 10.0 Å². The maximum Gasteiger partial charge on any atom is 0.0843 e. The highest BCUT2D eigenvalue weighted by Crippen LogP contribution is 2.41. The van der Waals surface area contributed by atoms with E-state index in [0.29, 0.717) is 16.0 Å². The molecular formula is C22H22Cl2N2S. The van der Waals surface area contributed by atoms with E-state index in [4.69, 9.17) is 23.2 Å². The summed E-state index contributed by atoms with van der Waals surface area (Å²) in [5, 5.41) is 2.49. The van der Waals surface area contributed by atoms with Gasteiger partial charge in [0.2, 0.25) is 0 Å². The van der Waals surface area contributed by atoms with Gasteiger partial charge >= 0.3 is 0 Å². The smallest absolute Gasteiger partial charge is 0.0843 e. The van der Waals surface area contributed by atoms with Gasteiger partial charge in [-0.3, -0.25) is 4.98 Å². The molecule has 1 aromatic carbocycles. The normalized spacial score (nSPS) is 11.2. The summed E-state index contributed by atoms with van der Waals surface area (Å²) in [6.07, 6.45) is 5.62. The molecular weight excluding hydrogens is 395 g/mol. The van der Waals surface area contributed by atoms with Gasteiger partial charge in [-0.05, 0) is 59.9 Å². The van der Waals surface area contributed by atoms with E-state index >= 15 is 0 Å². The second-order valence-corrected chi connectivity index (χ2v) is 8.66. The van der Waals surface area contributed by atoms with E-state index in [2.05, 4.69) is 36.9 Å². The quantitative estimate of drug-likeness (QED) is 0.414. The number of rotatable bonds is 6. The molecule has 0 N–H and O–H groups in total. The standard InChI is InChI=1S/C22H22Cl2N2S/c1-5-20-15(4)26(13-16-6-8-25-9-7-16)22(21(20)14(2)3)27-19-11-17(23)10-18(24)12-19/h5-12,14H,1,13H2,2-4H3. The van der Waals surface area contributed by atoms with Gasteiger partial charge in [0.15, 0.2) is 0 Å². The first-order valence-electron chi connectivity index (χ1n) is 8.79. The third-order valence-corrected chi connectivity index (χ3v) is 6.02. The molecule has 0 saturated carbocycles. The summed E-state index contributed by atoms with van der Waals surface area (Å²) < 4.78 is 2.35. The molecule has 2 aromatic heterocycles. The van der Waals surface area contributed by atoms with E-state index in [1.54, 1.807) is 17.8 Å². The molecule has 27 heavy (non-hydrogen) atoms. The number of benzene rings is 1. The zero-order valence-corrected chi connectivity index (χ0v) is 18.0. The SMILES string of the molecule is C=Cc1c(C(C)C)c(Sc2cc(Cl)cc(Cl)c2)n(Cc2ccncc2)c1C. The van der Waals surface area contributed by atoms with Crippen molar-refractivity contribution in [3.05, 3.63) is 81.7 Å². The number of halogens is 2. The molecule has 5 heteroatoms. The minimum absolute atomic E-state index is 0.368. The molecule has 0 aliphatic heterocycles. The monoisotopic (exact) mass is 416 g/mol. The average Bonchev–Trinajstić information content (AvgIpc) is 2.87. The summed E-state index contributed by atoms with van der Waals surface area (Å²) in [6, 6.07) is 9.76. The van der Waals surface area contributed by atoms with Crippen LogP contribution in [0.1, 0.15) is 42.1 Å². The molecule has 0 unspecified atom stereocenters. The maximum atomic E-state index is 6.22. The van der Waals surface area contributed by atoms with Crippen molar-refractivity contribution in [1.82, 2.24) is 9.55 Å². The molecule has 0 bridgehead atoms. The second-order valence-electron chi connectivity index (χ2n) is 6.73. The number of pyridine rings is 1. The number of aromatic nitrogens is 2. The maximum absolute atomic E-state index is 6.22. The molecule has 3 rings (SSSR count). The van der Waals surface area contributed by atoms with Crippen LogP contribution in [0, 0.1) is 6.92 Å². The molecule has 3 aromatic rings. The van der Waals surface area contributed by atoms with Crippen molar-refractivity contribution < 1.29 is 0 Å². The van der Waals surface area contributed by atoms with Gasteiger partial charge in [0.25, 0.3) is 0 Å². The molecule has 140 valence electrons. The molecule has 0 amide bonds. The van der Waals surface area contributed by atoms with Crippen molar-refractivity contribution >= 4 is 41.0 Å². The first-order chi connectivity index (χ1) is 12.9. The lowest BCUT2D eigenvalue weighted by Gasteiger charge is -2.14.